The van der Waals surface area contributed by atoms with Gasteiger partial charge in [-0.3, -0.25) is 0 Å². The van der Waals surface area contributed by atoms with E-state index in [1.807, 2.05) is 0 Å². The van der Waals surface area contributed by atoms with Crippen molar-refractivity contribution in [3.63, 3.8) is 0 Å². The van der Waals surface area contributed by atoms with E-state index in [2.05, 4.69) is 177 Å². The number of rotatable bonds is 2. The van der Waals surface area contributed by atoms with Crippen LogP contribution in [0.5, 0.6) is 0 Å². The van der Waals surface area contributed by atoms with Gasteiger partial charge in [-0.05, 0) is 97.2 Å². The van der Waals surface area contributed by atoms with E-state index in [0.717, 1.165) is 0 Å². The van der Waals surface area contributed by atoms with Gasteiger partial charge in [-0.15, -0.1) is 0 Å². The molecule has 0 heteroatoms. The smallest absolute Gasteiger partial charge is 0.0617 e. The average molecular weight is 597 g/mol. The lowest BCUT2D eigenvalue weighted by atomic mass is 9.67. The average Bonchev–Trinajstić information content (AvgIpc) is 3.42. The van der Waals surface area contributed by atoms with E-state index in [4.69, 9.17) is 0 Å². The summed E-state index contributed by atoms with van der Waals surface area (Å²) in [7, 11) is 0. The van der Waals surface area contributed by atoms with Gasteiger partial charge in [0.05, 0.1) is 5.41 Å². The zero-order valence-electron chi connectivity index (χ0n) is 28.5. The standard InChI is InChI=1S/C29H26.C17H18/c1-19-7-5-9-23(15-19)29(24-10-6-8-20(2)16-24)27-17-21(3)11-13-25(27)26-14-12-22(4)18-28(26)29;1-11-5-7-13-14-8-6-12(2)10-16(14)17(3,4)15(13)9-11/h5-18H,1-4H3;5-10H,1-4H3. The fourth-order valence-electron chi connectivity index (χ4n) is 8.06. The monoisotopic (exact) mass is 596 g/mol. The summed E-state index contributed by atoms with van der Waals surface area (Å²) in [5, 5.41) is 0. The van der Waals surface area contributed by atoms with Crippen LogP contribution in [0.4, 0.5) is 0 Å². The van der Waals surface area contributed by atoms with Crippen LogP contribution < -0.4 is 0 Å². The highest BCUT2D eigenvalue weighted by molar-refractivity contribution is 5.87. The summed E-state index contributed by atoms with van der Waals surface area (Å²) < 4.78 is 0. The molecule has 228 valence electrons. The molecule has 8 rings (SSSR count). The Kier molecular flexibility index (Phi) is 7.17. The van der Waals surface area contributed by atoms with E-state index < -0.39 is 0 Å². The van der Waals surface area contributed by atoms with Crippen molar-refractivity contribution in [2.75, 3.05) is 0 Å². The second-order valence-corrected chi connectivity index (χ2v) is 14.3. The second-order valence-electron chi connectivity index (χ2n) is 14.3. The highest BCUT2D eigenvalue weighted by Gasteiger charge is 2.46. The summed E-state index contributed by atoms with van der Waals surface area (Å²) >= 11 is 0. The summed E-state index contributed by atoms with van der Waals surface area (Å²) in [5.41, 5.74) is 21.7. The Morgan fingerprint density at radius 1 is 0.326 bits per heavy atom. The fourth-order valence-corrected chi connectivity index (χ4v) is 8.06. The molecule has 0 spiro atoms. The van der Waals surface area contributed by atoms with Crippen LogP contribution in [0.1, 0.15) is 80.6 Å². The SMILES string of the molecule is Cc1ccc2c(c1)C(C)(C)c1cc(C)ccc1-2.Cc1cccc(C2(c3cccc(C)c3)c3cc(C)ccc3-c3ccc(C)cc32)c1. The first-order valence-corrected chi connectivity index (χ1v) is 16.6. The zero-order chi connectivity index (χ0) is 32.4. The van der Waals surface area contributed by atoms with Crippen molar-refractivity contribution < 1.29 is 0 Å². The van der Waals surface area contributed by atoms with Crippen LogP contribution in [-0.2, 0) is 10.8 Å². The van der Waals surface area contributed by atoms with Crippen LogP contribution in [0.15, 0.2) is 121 Å². The molecule has 0 amide bonds. The molecule has 6 aromatic rings. The molecule has 2 aliphatic carbocycles. The predicted molar refractivity (Wildman–Crippen MR) is 196 cm³/mol. The molecular weight excluding hydrogens is 553 g/mol. The Bertz CT molecular complexity index is 1980. The lowest BCUT2D eigenvalue weighted by Gasteiger charge is -2.34. The molecule has 0 heterocycles. The van der Waals surface area contributed by atoms with Gasteiger partial charge in [0.15, 0.2) is 0 Å². The third kappa shape index (κ3) is 4.66. The Morgan fingerprint density at radius 2 is 0.630 bits per heavy atom. The molecule has 0 bridgehead atoms. The van der Waals surface area contributed by atoms with E-state index in [1.54, 1.807) is 0 Å². The van der Waals surface area contributed by atoms with Crippen molar-refractivity contribution in [1.82, 2.24) is 0 Å². The van der Waals surface area contributed by atoms with E-state index in [9.17, 15) is 0 Å². The van der Waals surface area contributed by atoms with Gasteiger partial charge in [0.2, 0.25) is 0 Å². The van der Waals surface area contributed by atoms with Gasteiger partial charge in [-0.2, -0.15) is 0 Å². The fraction of sp³-hybridized carbons (Fsp3) is 0.217. The zero-order valence-corrected chi connectivity index (χ0v) is 28.5. The maximum Gasteiger partial charge on any atom is 0.0713 e. The Labute approximate surface area is 275 Å². The summed E-state index contributed by atoms with van der Waals surface area (Å²) in [5.74, 6) is 0. The van der Waals surface area contributed by atoms with Gasteiger partial charge in [0.25, 0.3) is 0 Å². The van der Waals surface area contributed by atoms with E-state index in [0.29, 0.717) is 0 Å². The second kappa shape index (κ2) is 11.0. The van der Waals surface area contributed by atoms with Crippen LogP contribution in [0.2, 0.25) is 0 Å². The number of fused-ring (bicyclic) bond motifs is 6. The molecule has 0 fully saturated rings. The van der Waals surface area contributed by atoms with Crippen LogP contribution in [0.25, 0.3) is 22.3 Å². The van der Waals surface area contributed by atoms with Gasteiger partial charge in [-0.25, -0.2) is 0 Å². The normalized spacial score (nSPS) is 14.4. The van der Waals surface area contributed by atoms with Crippen molar-refractivity contribution in [2.45, 2.75) is 66.2 Å². The van der Waals surface area contributed by atoms with Crippen molar-refractivity contribution in [1.29, 1.82) is 0 Å². The van der Waals surface area contributed by atoms with E-state index >= 15 is 0 Å². The third-order valence-corrected chi connectivity index (χ3v) is 10.3. The molecule has 0 nitrogen and oxygen atoms in total. The lowest BCUT2D eigenvalue weighted by molar-refractivity contribution is 0.659. The van der Waals surface area contributed by atoms with Crippen molar-refractivity contribution in [3.05, 3.63) is 188 Å². The molecule has 0 saturated heterocycles. The molecule has 2 aliphatic rings. The summed E-state index contributed by atoms with van der Waals surface area (Å²) in [4.78, 5) is 0. The van der Waals surface area contributed by atoms with Gasteiger partial charge >= 0.3 is 0 Å². The largest absolute Gasteiger partial charge is 0.0713 e. The molecule has 6 aromatic carbocycles. The number of hydrogen-bond acceptors (Lipinski definition) is 0. The first-order chi connectivity index (χ1) is 22.0. The minimum atomic E-state index is -0.291. The van der Waals surface area contributed by atoms with Gasteiger partial charge < -0.3 is 0 Å². The molecule has 0 N–H and O–H groups in total. The maximum absolute atomic E-state index is 2.40. The quantitative estimate of drug-likeness (QED) is 0.186. The lowest BCUT2D eigenvalue weighted by Crippen LogP contribution is -2.29. The molecule has 0 atom stereocenters. The Balaban J connectivity index is 0.000000169. The number of hydrogen-bond donors (Lipinski definition) is 0. The summed E-state index contributed by atoms with van der Waals surface area (Å²) in [6, 6.07) is 45.7. The first kappa shape index (κ1) is 30.0. The van der Waals surface area contributed by atoms with Crippen LogP contribution in [0, 0.1) is 41.5 Å². The molecule has 0 saturated carbocycles. The summed E-state index contributed by atoms with van der Waals surface area (Å²) in [6.45, 7) is 17.8. The van der Waals surface area contributed by atoms with Crippen LogP contribution in [-0.4, -0.2) is 0 Å². The van der Waals surface area contributed by atoms with E-state index in [-0.39, 0.29) is 10.8 Å². The van der Waals surface area contributed by atoms with Gasteiger partial charge in [-0.1, -0.05) is 169 Å². The molecular formula is C46H44. The van der Waals surface area contributed by atoms with Crippen molar-refractivity contribution in [3.8, 4) is 22.3 Å². The van der Waals surface area contributed by atoms with Crippen LogP contribution >= 0.6 is 0 Å². The maximum atomic E-state index is 2.40. The molecule has 0 radical (unpaired) electrons. The number of benzene rings is 6. The minimum Gasteiger partial charge on any atom is -0.0617 e. The molecule has 0 aliphatic heterocycles. The molecule has 0 unspecified atom stereocenters. The molecule has 46 heavy (non-hydrogen) atoms. The van der Waals surface area contributed by atoms with Crippen molar-refractivity contribution >= 4 is 0 Å². The first-order valence-electron chi connectivity index (χ1n) is 16.6. The van der Waals surface area contributed by atoms with E-state index in [1.165, 1.54) is 89.0 Å². The minimum absolute atomic E-state index is 0.142. The number of aryl methyl sites for hydroxylation is 6. The highest BCUT2D eigenvalue weighted by atomic mass is 14.5. The topological polar surface area (TPSA) is 0 Å². The third-order valence-electron chi connectivity index (χ3n) is 10.3. The highest BCUT2D eigenvalue weighted by Crippen LogP contribution is 2.56. The molecule has 0 aromatic heterocycles. The Hall–Kier alpha value is -4.68. The van der Waals surface area contributed by atoms with Crippen molar-refractivity contribution in [2.24, 2.45) is 0 Å². The van der Waals surface area contributed by atoms with Gasteiger partial charge in [0.1, 0.15) is 0 Å². The van der Waals surface area contributed by atoms with Crippen LogP contribution in [0.3, 0.4) is 0 Å². The summed E-state index contributed by atoms with van der Waals surface area (Å²) in [6.07, 6.45) is 0. The van der Waals surface area contributed by atoms with Gasteiger partial charge in [0, 0.05) is 5.41 Å². The predicted octanol–water partition coefficient (Wildman–Crippen LogP) is 11.9. The Morgan fingerprint density at radius 3 is 0.978 bits per heavy atom.